The van der Waals surface area contributed by atoms with Crippen molar-refractivity contribution < 1.29 is 9.53 Å². The standard InChI is InChI=1S/C14H27NO2/c1-2-3-4-5-6-9-12-17-14(16)13-15-10-7-8-11-15/h2-13H2,1H3. The summed E-state index contributed by atoms with van der Waals surface area (Å²) in [4.78, 5) is 13.7. The molecular weight excluding hydrogens is 214 g/mol. The van der Waals surface area contributed by atoms with E-state index in [4.69, 9.17) is 4.74 Å². The lowest BCUT2D eigenvalue weighted by atomic mass is 10.1. The van der Waals surface area contributed by atoms with Crippen molar-refractivity contribution in [1.82, 2.24) is 4.90 Å². The molecule has 0 amide bonds. The van der Waals surface area contributed by atoms with Gasteiger partial charge in [-0.3, -0.25) is 9.69 Å². The van der Waals surface area contributed by atoms with Crippen LogP contribution in [0.15, 0.2) is 0 Å². The number of unbranched alkanes of at least 4 members (excludes halogenated alkanes) is 5. The maximum atomic E-state index is 11.5. The summed E-state index contributed by atoms with van der Waals surface area (Å²) in [5.74, 6) is -0.0412. The van der Waals surface area contributed by atoms with Crippen LogP contribution in [-0.2, 0) is 9.53 Å². The van der Waals surface area contributed by atoms with Crippen LogP contribution in [0.1, 0.15) is 58.3 Å². The fraction of sp³-hybridized carbons (Fsp3) is 0.929. The monoisotopic (exact) mass is 241 g/mol. The molecule has 0 bridgehead atoms. The summed E-state index contributed by atoms with van der Waals surface area (Å²) in [6.45, 7) is 5.45. The summed E-state index contributed by atoms with van der Waals surface area (Å²) in [6.07, 6.45) is 9.87. The number of esters is 1. The van der Waals surface area contributed by atoms with Crippen LogP contribution in [0.3, 0.4) is 0 Å². The van der Waals surface area contributed by atoms with Crippen molar-refractivity contribution in [2.24, 2.45) is 0 Å². The SMILES string of the molecule is CCCCCCCCOC(=O)CN1CCCC1. The second-order valence-corrected chi connectivity index (χ2v) is 4.97. The number of nitrogens with zero attached hydrogens (tertiary/aromatic N) is 1. The molecule has 1 fully saturated rings. The smallest absolute Gasteiger partial charge is 0.320 e. The van der Waals surface area contributed by atoms with Gasteiger partial charge in [-0.2, -0.15) is 0 Å². The zero-order chi connectivity index (χ0) is 12.3. The van der Waals surface area contributed by atoms with Gasteiger partial charge in [-0.15, -0.1) is 0 Å². The van der Waals surface area contributed by atoms with Gasteiger partial charge in [0.05, 0.1) is 13.2 Å². The molecule has 0 N–H and O–H groups in total. The number of ether oxygens (including phenoxy) is 1. The zero-order valence-corrected chi connectivity index (χ0v) is 11.2. The third-order valence-electron chi connectivity index (χ3n) is 3.31. The maximum Gasteiger partial charge on any atom is 0.320 e. The highest BCUT2D eigenvalue weighted by Crippen LogP contribution is 2.07. The molecule has 0 atom stereocenters. The fourth-order valence-electron chi connectivity index (χ4n) is 2.24. The van der Waals surface area contributed by atoms with Gasteiger partial charge in [-0.1, -0.05) is 39.0 Å². The molecule has 0 aromatic heterocycles. The van der Waals surface area contributed by atoms with E-state index in [1.807, 2.05) is 0 Å². The van der Waals surface area contributed by atoms with Crippen molar-refractivity contribution in [3.63, 3.8) is 0 Å². The van der Waals surface area contributed by atoms with Crippen molar-refractivity contribution in [3.05, 3.63) is 0 Å². The largest absolute Gasteiger partial charge is 0.465 e. The first-order valence-electron chi connectivity index (χ1n) is 7.21. The first-order valence-corrected chi connectivity index (χ1v) is 7.21. The highest BCUT2D eigenvalue weighted by atomic mass is 16.5. The molecule has 17 heavy (non-hydrogen) atoms. The quantitative estimate of drug-likeness (QED) is 0.459. The Labute approximate surface area is 106 Å². The van der Waals surface area contributed by atoms with Gasteiger partial charge in [0, 0.05) is 0 Å². The second-order valence-electron chi connectivity index (χ2n) is 4.97. The number of rotatable bonds is 9. The zero-order valence-electron chi connectivity index (χ0n) is 11.2. The van der Waals surface area contributed by atoms with E-state index in [-0.39, 0.29) is 5.97 Å². The molecule has 3 heteroatoms. The Morgan fingerprint density at radius 3 is 2.41 bits per heavy atom. The van der Waals surface area contributed by atoms with Crippen molar-refractivity contribution >= 4 is 5.97 Å². The van der Waals surface area contributed by atoms with Crippen LogP contribution in [-0.4, -0.2) is 37.1 Å². The molecule has 0 aromatic carbocycles. The Balaban J connectivity index is 1.86. The molecule has 3 nitrogen and oxygen atoms in total. The number of hydrogen-bond donors (Lipinski definition) is 0. The normalized spacial score (nSPS) is 16.3. The number of carbonyl (C=O) groups is 1. The molecule has 0 aromatic rings. The van der Waals surface area contributed by atoms with Gasteiger partial charge in [-0.25, -0.2) is 0 Å². The van der Waals surface area contributed by atoms with Crippen LogP contribution in [0.25, 0.3) is 0 Å². The first kappa shape index (κ1) is 14.5. The van der Waals surface area contributed by atoms with Crippen molar-refractivity contribution in [1.29, 1.82) is 0 Å². The maximum absolute atomic E-state index is 11.5. The van der Waals surface area contributed by atoms with E-state index in [1.165, 1.54) is 44.9 Å². The van der Waals surface area contributed by atoms with Crippen LogP contribution < -0.4 is 0 Å². The molecule has 1 rings (SSSR count). The lowest BCUT2D eigenvalue weighted by Crippen LogP contribution is -2.28. The predicted octanol–water partition coefficient (Wildman–Crippen LogP) is 2.99. The first-order chi connectivity index (χ1) is 8.33. The number of likely N-dealkylation sites (tertiary alicyclic amines) is 1. The summed E-state index contributed by atoms with van der Waals surface area (Å²) in [7, 11) is 0. The summed E-state index contributed by atoms with van der Waals surface area (Å²) >= 11 is 0. The van der Waals surface area contributed by atoms with Crippen molar-refractivity contribution in [3.8, 4) is 0 Å². The van der Waals surface area contributed by atoms with E-state index >= 15 is 0 Å². The van der Waals surface area contributed by atoms with Gasteiger partial charge in [0.1, 0.15) is 0 Å². The van der Waals surface area contributed by atoms with E-state index in [0.717, 1.165) is 19.5 Å². The minimum absolute atomic E-state index is 0.0412. The van der Waals surface area contributed by atoms with Crippen molar-refractivity contribution in [2.75, 3.05) is 26.2 Å². The lowest BCUT2D eigenvalue weighted by Gasteiger charge is -2.13. The third kappa shape index (κ3) is 7.37. The van der Waals surface area contributed by atoms with Gasteiger partial charge < -0.3 is 4.74 Å². The van der Waals surface area contributed by atoms with E-state index in [9.17, 15) is 4.79 Å². The van der Waals surface area contributed by atoms with E-state index < -0.39 is 0 Å². The predicted molar refractivity (Wildman–Crippen MR) is 70.0 cm³/mol. The van der Waals surface area contributed by atoms with Crippen LogP contribution in [0, 0.1) is 0 Å². The minimum Gasteiger partial charge on any atom is -0.465 e. The average Bonchev–Trinajstić information content (AvgIpc) is 2.80. The molecule has 0 aliphatic carbocycles. The third-order valence-corrected chi connectivity index (χ3v) is 3.31. The molecule has 1 aliphatic rings. The van der Waals surface area contributed by atoms with Crippen LogP contribution >= 0.6 is 0 Å². The Bertz CT molecular complexity index is 200. The molecule has 0 radical (unpaired) electrons. The van der Waals surface area contributed by atoms with E-state index in [2.05, 4.69) is 11.8 Å². The van der Waals surface area contributed by atoms with Gasteiger partial charge in [0.25, 0.3) is 0 Å². The molecule has 1 aliphatic heterocycles. The Hall–Kier alpha value is -0.570. The van der Waals surface area contributed by atoms with Crippen molar-refractivity contribution in [2.45, 2.75) is 58.3 Å². The summed E-state index contributed by atoms with van der Waals surface area (Å²) in [6, 6.07) is 0. The molecule has 1 saturated heterocycles. The molecule has 0 saturated carbocycles. The minimum atomic E-state index is -0.0412. The topological polar surface area (TPSA) is 29.5 Å². The highest BCUT2D eigenvalue weighted by Gasteiger charge is 2.15. The van der Waals surface area contributed by atoms with Gasteiger partial charge in [0.15, 0.2) is 0 Å². The fourth-order valence-corrected chi connectivity index (χ4v) is 2.24. The molecule has 0 spiro atoms. The van der Waals surface area contributed by atoms with Gasteiger partial charge >= 0.3 is 5.97 Å². The molecule has 1 heterocycles. The van der Waals surface area contributed by atoms with Crippen LogP contribution in [0.2, 0.25) is 0 Å². The summed E-state index contributed by atoms with van der Waals surface area (Å²) in [5, 5.41) is 0. The Morgan fingerprint density at radius 1 is 1.06 bits per heavy atom. The lowest BCUT2D eigenvalue weighted by molar-refractivity contribution is -0.144. The molecular formula is C14H27NO2. The van der Waals surface area contributed by atoms with E-state index in [0.29, 0.717) is 13.2 Å². The average molecular weight is 241 g/mol. The summed E-state index contributed by atoms with van der Waals surface area (Å²) < 4.78 is 5.23. The number of carbonyl (C=O) groups excluding carboxylic acids is 1. The second kappa shape index (κ2) is 9.46. The summed E-state index contributed by atoms with van der Waals surface area (Å²) in [5.41, 5.74) is 0. The Kier molecular flexibility index (Phi) is 8.06. The van der Waals surface area contributed by atoms with Gasteiger partial charge in [-0.05, 0) is 32.4 Å². The van der Waals surface area contributed by atoms with E-state index in [1.54, 1.807) is 0 Å². The number of hydrogen-bond acceptors (Lipinski definition) is 3. The molecule has 100 valence electrons. The molecule has 0 unspecified atom stereocenters. The Morgan fingerprint density at radius 2 is 1.71 bits per heavy atom. The van der Waals surface area contributed by atoms with Crippen LogP contribution in [0.4, 0.5) is 0 Å². The highest BCUT2D eigenvalue weighted by molar-refractivity contribution is 5.71. The van der Waals surface area contributed by atoms with Gasteiger partial charge in [0.2, 0.25) is 0 Å². The van der Waals surface area contributed by atoms with Crippen LogP contribution in [0.5, 0.6) is 0 Å².